The van der Waals surface area contributed by atoms with Crippen LogP contribution in [0.2, 0.25) is 0 Å². The molecular weight excluding hydrogens is 376 g/mol. The average Bonchev–Trinajstić information content (AvgIpc) is 3.27. The molecule has 3 rings (SSSR count). The maximum atomic E-state index is 12.8. The average molecular weight is 405 g/mol. The SMILES string of the molecule is Cc1nn(C(C)C)c(C)c1NC(=O)Nc1cccc(S(=O)(=O)C2CCCC2)c1. The number of carbonyl (C=O) groups is 1. The molecule has 0 radical (unpaired) electrons. The molecule has 2 amide bonds. The Morgan fingerprint density at radius 1 is 1.18 bits per heavy atom. The number of amides is 2. The van der Waals surface area contributed by atoms with Crippen LogP contribution < -0.4 is 10.6 Å². The molecule has 2 N–H and O–H groups in total. The van der Waals surface area contributed by atoms with Crippen molar-refractivity contribution >= 4 is 27.2 Å². The van der Waals surface area contributed by atoms with E-state index < -0.39 is 15.9 Å². The first-order chi connectivity index (χ1) is 13.2. The van der Waals surface area contributed by atoms with Crippen LogP contribution in [0.4, 0.5) is 16.2 Å². The Balaban J connectivity index is 1.75. The lowest BCUT2D eigenvalue weighted by atomic mass is 10.3. The number of hydrogen-bond acceptors (Lipinski definition) is 4. The summed E-state index contributed by atoms with van der Waals surface area (Å²) in [5, 5.41) is 9.71. The van der Waals surface area contributed by atoms with Crippen molar-refractivity contribution in [3.8, 4) is 0 Å². The van der Waals surface area contributed by atoms with E-state index in [1.165, 1.54) is 6.07 Å². The molecule has 1 saturated carbocycles. The predicted octanol–water partition coefficient (Wildman–Crippen LogP) is 4.44. The molecule has 1 aromatic carbocycles. The summed E-state index contributed by atoms with van der Waals surface area (Å²) in [7, 11) is -3.36. The number of hydrogen-bond donors (Lipinski definition) is 2. The van der Waals surface area contributed by atoms with E-state index in [0.717, 1.165) is 24.2 Å². The van der Waals surface area contributed by atoms with Gasteiger partial charge in [0.15, 0.2) is 9.84 Å². The van der Waals surface area contributed by atoms with Crippen molar-refractivity contribution in [1.29, 1.82) is 0 Å². The van der Waals surface area contributed by atoms with E-state index >= 15 is 0 Å². The normalized spacial score (nSPS) is 15.2. The number of urea groups is 1. The largest absolute Gasteiger partial charge is 0.323 e. The first-order valence-corrected chi connectivity index (χ1v) is 11.2. The topological polar surface area (TPSA) is 93.1 Å². The molecule has 8 heteroatoms. The summed E-state index contributed by atoms with van der Waals surface area (Å²) in [4.78, 5) is 12.7. The number of nitrogens with one attached hydrogen (secondary N) is 2. The van der Waals surface area contributed by atoms with Crippen molar-refractivity contribution in [3.63, 3.8) is 0 Å². The van der Waals surface area contributed by atoms with Gasteiger partial charge in [-0.1, -0.05) is 18.9 Å². The summed E-state index contributed by atoms with van der Waals surface area (Å²) < 4.78 is 27.4. The highest BCUT2D eigenvalue weighted by Gasteiger charge is 2.30. The maximum absolute atomic E-state index is 12.8. The third-order valence-corrected chi connectivity index (χ3v) is 7.47. The summed E-state index contributed by atoms with van der Waals surface area (Å²) in [5.41, 5.74) is 2.73. The van der Waals surface area contributed by atoms with Crippen molar-refractivity contribution in [2.24, 2.45) is 0 Å². The molecule has 1 aliphatic carbocycles. The number of aromatic nitrogens is 2. The fourth-order valence-corrected chi connectivity index (χ4v) is 5.66. The number of aryl methyl sites for hydroxylation is 1. The second-order valence-electron chi connectivity index (χ2n) is 7.64. The van der Waals surface area contributed by atoms with E-state index in [4.69, 9.17) is 0 Å². The number of carbonyl (C=O) groups excluding carboxylic acids is 1. The van der Waals surface area contributed by atoms with E-state index in [0.29, 0.717) is 24.2 Å². The van der Waals surface area contributed by atoms with Gasteiger partial charge in [-0.25, -0.2) is 13.2 Å². The smallest absolute Gasteiger partial charge is 0.308 e. The molecule has 28 heavy (non-hydrogen) atoms. The lowest BCUT2D eigenvalue weighted by Gasteiger charge is -2.13. The molecule has 1 heterocycles. The minimum atomic E-state index is -3.36. The number of anilines is 2. The van der Waals surface area contributed by atoms with Crippen molar-refractivity contribution < 1.29 is 13.2 Å². The van der Waals surface area contributed by atoms with E-state index in [1.807, 2.05) is 32.4 Å². The molecule has 152 valence electrons. The molecule has 0 aliphatic heterocycles. The van der Waals surface area contributed by atoms with Gasteiger partial charge in [0, 0.05) is 11.7 Å². The van der Waals surface area contributed by atoms with Crippen LogP contribution in [-0.2, 0) is 9.84 Å². The van der Waals surface area contributed by atoms with Crippen LogP contribution in [0.15, 0.2) is 29.2 Å². The first kappa shape index (κ1) is 20.4. The molecule has 0 atom stereocenters. The quantitative estimate of drug-likeness (QED) is 0.770. The van der Waals surface area contributed by atoms with E-state index in [2.05, 4.69) is 15.7 Å². The van der Waals surface area contributed by atoms with Crippen LogP contribution in [0.5, 0.6) is 0 Å². The second-order valence-corrected chi connectivity index (χ2v) is 9.87. The second kappa shape index (κ2) is 7.95. The van der Waals surface area contributed by atoms with Crippen molar-refractivity contribution in [3.05, 3.63) is 35.7 Å². The van der Waals surface area contributed by atoms with Gasteiger partial charge in [0.2, 0.25) is 0 Å². The van der Waals surface area contributed by atoms with Crippen molar-refractivity contribution in [1.82, 2.24) is 9.78 Å². The van der Waals surface area contributed by atoms with Gasteiger partial charge in [0.25, 0.3) is 0 Å². The summed E-state index contributed by atoms with van der Waals surface area (Å²) >= 11 is 0. The molecule has 7 nitrogen and oxygen atoms in total. The van der Waals surface area contributed by atoms with Gasteiger partial charge >= 0.3 is 6.03 Å². The highest BCUT2D eigenvalue weighted by Crippen LogP contribution is 2.30. The Labute approximate surface area is 166 Å². The molecule has 2 aromatic rings. The van der Waals surface area contributed by atoms with Gasteiger partial charge in [0.1, 0.15) is 0 Å². The molecule has 0 saturated heterocycles. The lowest BCUT2D eigenvalue weighted by molar-refractivity contribution is 0.262. The van der Waals surface area contributed by atoms with E-state index in [9.17, 15) is 13.2 Å². The van der Waals surface area contributed by atoms with Crippen LogP contribution in [0.1, 0.15) is 57.0 Å². The molecule has 0 spiro atoms. The fraction of sp³-hybridized carbons (Fsp3) is 0.500. The Kier molecular flexibility index (Phi) is 5.79. The minimum Gasteiger partial charge on any atom is -0.308 e. The van der Waals surface area contributed by atoms with Crippen LogP contribution in [0.3, 0.4) is 0 Å². The summed E-state index contributed by atoms with van der Waals surface area (Å²) in [6.45, 7) is 7.81. The van der Waals surface area contributed by atoms with Gasteiger partial charge in [-0.15, -0.1) is 0 Å². The zero-order valence-corrected chi connectivity index (χ0v) is 17.6. The van der Waals surface area contributed by atoms with Gasteiger partial charge < -0.3 is 10.6 Å². The van der Waals surface area contributed by atoms with Crippen molar-refractivity contribution in [2.75, 3.05) is 10.6 Å². The van der Waals surface area contributed by atoms with Gasteiger partial charge in [-0.2, -0.15) is 5.10 Å². The van der Waals surface area contributed by atoms with Crippen LogP contribution >= 0.6 is 0 Å². The lowest BCUT2D eigenvalue weighted by Crippen LogP contribution is -2.21. The standard InChI is InChI=1S/C20H28N4O3S/c1-13(2)24-15(4)19(14(3)23-24)22-20(25)21-16-8-7-11-18(12-16)28(26,27)17-9-5-6-10-17/h7-8,11-13,17H,5-6,9-10H2,1-4H3,(H2,21,22,25). The minimum absolute atomic E-state index is 0.190. The molecular formula is C20H28N4O3S. The van der Waals surface area contributed by atoms with Crippen LogP contribution in [-0.4, -0.2) is 29.5 Å². The Hall–Kier alpha value is -2.35. The zero-order valence-electron chi connectivity index (χ0n) is 16.8. The number of nitrogens with zero attached hydrogens (tertiary/aromatic N) is 2. The molecule has 1 aromatic heterocycles. The fourth-order valence-electron chi connectivity index (χ4n) is 3.76. The van der Waals surface area contributed by atoms with E-state index in [-0.39, 0.29) is 16.2 Å². The molecule has 1 aliphatic rings. The first-order valence-electron chi connectivity index (χ1n) is 9.68. The highest BCUT2D eigenvalue weighted by atomic mass is 32.2. The van der Waals surface area contributed by atoms with E-state index in [1.54, 1.807) is 18.2 Å². The summed E-state index contributed by atoms with van der Waals surface area (Å²) in [5.74, 6) is 0. The van der Waals surface area contributed by atoms with Gasteiger partial charge in [0.05, 0.1) is 27.2 Å². The van der Waals surface area contributed by atoms with Crippen molar-refractivity contribution in [2.45, 2.75) is 69.6 Å². The predicted molar refractivity (Wildman–Crippen MR) is 111 cm³/mol. The summed E-state index contributed by atoms with van der Waals surface area (Å²) in [6, 6.07) is 6.23. The van der Waals surface area contributed by atoms with Crippen LogP contribution in [0.25, 0.3) is 0 Å². The van der Waals surface area contributed by atoms with Crippen LogP contribution in [0, 0.1) is 13.8 Å². The third kappa shape index (κ3) is 4.06. The molecule has 0 unspecified atom stereocenters. The molecule has 1 fully saturated rings. The Morgan fingerprint density at radius 3 is 2.46 bits per heavy atom. The maximum Gasteiger partial charge on any atom is 0.323 e. The van der Waals surface area contributed by atoms with Gasteiger partial charge in [-0.05, 0) is 58.7 Å². The van der Waals surface area contributed by atoms with Gasteiger partial charge in [-0.3, -0.25) is 4.68 Å². The zero-order chi connectivity index (χ0) is 20.5. The number of benzene rings is 1. The molecule has 0 bridgehead atoms. The Bertz CT molecular complexity index is 973. The number of sulfone groups is 1. The summed E-state index contributed by atoms with van der Waals surface area (Å²) in [6.07, 6.45) is 3.32. The third-order valence-electron chi connectivity index (χ3n) is 5.21. The number of rotatable bonds is 5. The monoisotopic (exact) mass is 404 g/mol. The Morgan fingerprint density at radius 2 is 1.86 bits per heavy atom. The highest BCUT2D eigenvalue weighted by molar-refractivity contribution is 7.92.